The van der Waals surface area contributed by atoms with Gasteiger partial charge in [0.2, 0.25) is 0 Å². The molecule has 3 rings (SSSR count). The standard InChI is InChI=1S/C21H25ClN2O/c1-23(2)20-8-5-7-17(14-20)21(25)24-13-4-3-6-18(15-24)16-9-11-19(22)12-10-16/h5,7-12,14,18H,3-4,6,13,15H2,1-2H3. The van der Waals surface area contributed by atoms with Crippen molar-refractivity contribution in [1.82, 2.24) is 4.90 Å². The molecule has 25 heavy (non-hydrogen) atoms. The fraction of sp³-hybridized carbons (Fsp3) is 0.381. The van der Waals surface area contributed by atoms with Gasteiger partial charge in [-0.2, -0.15) is 0 Å². The van der Waals surface area contributed by atoms with Gasteiger partial charge in [0.15, 0.2) is 0 Å². The van der Waals surface area contributed by atoms with Crippen LogP contribution < -0.4 is 4.90 Å². The third-order valence-electron chi connectivity index (χ3n) is 4.91. The molecule has 0 saturated carbocycles. The average Bonchev–Trinajstić information content (AvgIpc) is 2.88. The molecule has 1 aliphatic rings. The number of likely N-dealkylation sites (tertiary alicyclic amines) is 1. The van der Waals surface area contributed by atoms with E-state index in [0.717, 1.165) is 48.6 Å². The molecular formula is C21H25ClN2O. The number of anilines is 1. The van der Waals surface area contributed by atoms with E-state index in [-0.39, 0.29) is 5.91 Å². The summed E-state index contributed by atoms with van der Waals surface area (Å²) in [4.78, 5) is 17.1. The zero-order chi connectivity index (χ0) is 17.8. The second-order valence-corrected chi connectivity index (χ2v) is 7.38. The van der Waals surface area contributed by atoms with Gasteiger partial charge in [-0.25, -0.2) is 0 Å². The maximum Gasteiger partial charge on any atom is 0.253 e. The van der Waals surface area contributed by atoms with E-state index in [1.807, 2.05) is 60.3 Å². The van der Waals surface area contributed by atoms with Crippen LogP contribution in [-0.2, 0) is 0 Å². The Labute approximate surface area is 155 Å². The van der Waals surface area contributed by atoms with Crippen LogP contribution in [0.5, 0.6) is 0 Å². The summed E-state index contributed by atoms with van der Waals surface area (Å²) in [7, 11) is 3.98. The lowest BCUT2D eigenvalue weighted by molar-refractivity contribution is 0.0754. The summed E-state index contributed by atoms with van der Waals surface area (Å²) in [6.07, 6.45) is 3.32. The highest BCUT2D eigenvalue weighted by atomic mass is 35.5. The highest BCUT2D eigenvalue weighted by molar-refractivity contribution is 6.30. The van der Waals surface area contributed by atoms with Crippen LogP contribution in [0, 0.1) is 0 Å². The molecule has 0 spiro atoms. The Bertz CT molecular complexity index is 727. The molecule has 1 heterocycles. The van der Waals surface area contributed by atoms with Crippen molar-refractivity contribution in [3.05, 3.63) is 64.7 Å². The van der Waals surface area contributed by atoms with Crippen LogP contribution in [0.25, 0.3) is 0 Å². The Morgan fingerprint density at radius 3 is 2.60 bits per heavy atom. The van der Waals surface area contributed by atoms with Crippen molar-refractivity contribution < 1.29 is 4.79 Å². The smallest absolute Gasteiger partial charge is 0.253 e. The SMILES string of the molecule is CN(C)c1cccc(C(=O)N2CCCCC(c3ccc(Cl)cc3)C2)c1. The van der Waals surface area contributed by atoms with Gasteiger partial charge < -0.3 is 9.80 Å². The van der Waals surface area contributed by atoms with Crippen molar-refractivity contribution in [2.45, 2.75) is 25.2 Å². The first kappa shape index (κ1) is 17.8. The molecule has 0 aromatic heterocycles. The van der Waals surface area contributed by atoms with E-state index in [0.29, 0.717) is 5.92 Å². The third kappa shape index (κ3) is 4.35. The third-order valence-corrected chi connectivity index (χ3v) is 5.16. The number of amides is 1. The molecule has 1 saturated heterocycles. The monoisotopic (exact) mass is 356 g/mol. The van der Waals surface area contributed by atoms with Gasteiger partial charge in [-0.1, -0.05) is 36.2 Å². The van der Waals surface area contributed by atoms with Crippen LogP contribution in [-0.4, -0.2) is 38.0 Å². The van der Waals surface area contributed by atoms with E-state index in [1.54, 1.807) is 0 Å². The minimum atomic E-state index is 0.129. The Kier molecular flexibility index (Phi) is 5.64. The van der Waals surface area contributed by atoms with Crippen molar-refractivity contribution in [2.24, 2.45) is 0 Å². The first-order chi connectivity index (χ1) is 12.0. The minimum Gasteiger partial charge on any atom is -0.378 e. The zero-order valence-electron chi connectivity index (χ0n) is 14.9. The molecule has 1 aliphatic heterocycles. The Morgan fingerprint density at radius 2 is 1.88 bits per heavy atom. The molecule has 2 aromatic carbocycles. The van der Waals surface area contributed by atoms with Crippen molar-refractivity contribution in [3.8, 4) is 0 Å². The first-order valence-electron chi connectivity index (χ1n) is 8.87. The maximum absolute atomic E-state index is 13.0. The second kappa shape index (κ2) is 7.92. The molecule has 3 nitrogen and oxygen atoms in total. The number of carbonyl (C=O) groups is 1. The molecule has 1 atom stereocenters. The van der Waals surface area contributed by atoms with E-state index in [2.05, 4.69) is 12.1 Å². The second-order valence-electron chi connectivity index (χ2n) is 6.94. The number of hydrogen-bond donors (Lipinski definition) is 0. The quantitative estimate of drug-likeness (QED) is 0.787. The van der Waals surface area contributed by atoms with Gasteiger partial charge in [0, 0.05) is 49.4 Å². The predicted molar refractivity (Wildman–Crippen MR) is 105 cm³/mol. The van der Waals surface area contributed by atoms with Gasteiger partial charge in [0.1, 0.15) is 0 Å². The molecule has 1 amide bonds. The number of rotatable bonds is 3. The first-order valence-corrected chi connectivity index (χ1v) is 9.24. The summed E-state index contributed by atoms with van der Waals surface area (Å²) in [5.41, 5.74) is 3.09. The summed E-state index contributed by atoms with van der Waals surface area (Å²) in [6.45, 7) is 1.60. The Balaban J connectivity index is 1.79. The summed E-state index contributed by atoms with van der Waals surface area (Å²) >= 11 is 6.01. The predicted octanol–water partition coefficient (Wildman–Crippen LogP) is 4.82. The molecule has 0 N–H and O–H groups in total. The topological polar surface area (TPSA) is 23.6 Å². The van der Waals surface area contributed by atoms with E-state index >= 15 is 0 Å². The molecule has 0 bridgehead atoms. The molecule has 1 unspecified atom stereocenters. The van der Waals surface area contributed by atoms with E-state index in [9.17, 15) is 4.79 Å². The summed E-state index contributed by atoms with van der Waals surface area (Å²) in [5, 5.41) is 0.755. The molecule has 1 fully saturated rings. The molecule has 0 radical (unpaired) electrons. The fourth-order valence-electron chi connectivity index (χ4n) is 3.43. The molecule has 132 valence electrons. The van der Waals surface area contributed by atoms with E-state index < -0.39 is 0 Å². The highest BCUT2D eigenvalue weighted by Gasteiger charge is 2.24. The minimum absolute atomic E-state index is 0.129. The van der Waals surface area contributed by atoms with Crippen molar-refractivity contribution in [2.75, 3.05) is 32.1 Å². The summed E-state index contributed by atoms with van der Waals surface area (Å²) in [5.74, 6) is 0.505. The van der Waals surface area contributed by atoms with Gasteiger partial charge in [0.25, 0.3) is 5.91 Å². The van der Waals surface area contributed by atoms with Crippen molar-refractivity contribution in [3.63, 3.8) is 0 Å². The van der Waals surface area contributed by atoms with Crippen LogP contribution in [0.4, 0.5) is 5.69 Å². The number of nitrogens with zero attached hydrogens (tertiary/aromatic N) is 2. The maximum atomic E-state index is 13.0. The van der Waals surface area contributed by atoms with E-state index in [4.69, 9.17) is 11.6 Å². The van der Waals surface area contributed by atoms with Gasteiger partial charge in [-0.3, -0.25) is 4.79 Å². The number of benzene rings is 2. The van der Waals surface area contributed by atoms with Crippen LogP contribution in [0.15, 0.2) is 48.5 Å². The van der Waals surface area contributed by atoms with Crippen molar-refractivity contribution >= 4 is 23.2 Å². The zero-order valence-corrected chi connectivity index (χ0v) is 15.7. The van der Waals surface area contributed by atoms with Gasteiger partial charge in [0.05, 0.1) is 0 Å². The Morgan fingerprint density at radius 1 is 1.12 bits per heavy atom. The molecule has 4 heteroatoms. The number of hydrogen-bond acceptors (Lipinski definition) is 2. The number of carbonyl (C=O) groups excluding carboxylic acids is 1. The van der Waals surface area contributed by atoms with Crippen LogP contribution in [0.3, 0.4) is 0 Å². The van der Waals surface area contributed by atoms with Crippen LogP contribution >= 0.6 is 11.6 Å². The lowest BCUT2D eigenvalue weighted by Gasteiger charge is -2.25. The Hall–Kier alpha value is -2.00. The van der Waals surface area contributed by atoms with Gasteiger partial charge in [-0.05, 0) is 48.7 Å². The normalized spacial score (nSPS) is 17.9. The number of halogens is 1. The van der Waals surface area contributed by atoms with Crippen molar-refractivity contribution in [1.29, 1.82) is 0 Å². The van der Waals surface area contributed by atoms with Crippen LogP contribution in [0.1, 0.15) is 41.1 Å². The summed E-state index contributed by atoms with van der Waals surface area (Å²) < 4.78 is 0. The average molecular weight is 357 g/mol. The van der Waals surface area contributed by atoms with E-state index in [1.165, 1.54) is 5.56 Å². The van der Waals surface area contributed by atoms with Crippen LogP contribution in [0.2, 0.25) is 5.02 Å². The molecule has 0 aliphatic carbocycles. The summed E-state index contributed by atoms with van der Waals surface area (Å²) in [6, 6.07) is 15.9. The largest absolute Gasteiger partial charge is 0.378 e. The molecule has 2 aromatic rings. The lowest BCUT2D eigenvalue weighted by atomic mass is 9.94. The lowest BCUT2D eigenvalue weighted by Crippen LogP contribution is -2.34. The van der Waals surface area contributed by atoms with Gasteiger partial charge >= 0.3 is 0 Å². The fourth-order valence-corrected chi connectivity index (χ4v) is 3.56. The molecular weight excluding hydrogens is 332 g/mol. The highest BCUT2D eigenvalue weighted by Crippen LogP contribution is 2.28. The van der Waals surface area contributed by atoms with Gasteiger partial charge in [-0.15, -0.1) is 0 Å².